The zero-order chi connectivity index (χ0) is 12.5. The highest BCUT2D eigenvalue weighted by Gasteiger charge is 2.06. The molecule has 0 radical (unpaired) electrons. The van der Waals surface area contributed by atoms with E-state index in [2.05, 4.69) is 47.3 Å². The Hall–Kier alpha value is -1.30. The summed E-state index contributed by atoms with van der Waals surface area (Å²) in [5.41, 5.74) is 2.80. The molecular formula is C15H22N2. The fourth-order valence-electron chi connectivity index (χ4n) is 1.86. The Morgan fingerprint density at radius 3 is 2.59 bits per heavy atom. The van der Waals surface area contributed by atoms with Crippen molar-refractivity contribution in [3.8, 4) is 12.3 Å². The average molecular weight is 230 g/mol. The first-order valence-electron chi connectivity index (χ1n) is 6.19. The van der Waals surface area contributed by atoms with Gasteiger partial charge in [0.15, 0.2) is 0 Å². The molecule has 1 rings (SSSR count). The number of hydrogen-bond donors (Lipinski definition) is 1. The Morgan fingerprint density at radius 2 is 2.00 bits per heavy atom. The Kier molecular flexibility index (Phi) is 6.39. The van der Waals surface area contributed by atoms with Gasteiger partial charge in [0.1, 0.15) is 0 Å². The van der Waals surface area contributed by atoms with Crippen molar-refractivity contribution in [1.82, 2.24) is 10.2 Å². The number of likely N-dealkylation sites (N-methyl/N-ethyl adjacent to an activating group) is 1. The molecule has 0 atom stereocenters. The molecule has 0 saturated carbocycles. The van der Waals surface area contributed by atoms with Gasteiger partial charge in [-0.05, 0) is 37.7 Å². The van der Waals surface area contributed by atoms with Crippen molar-refractivity contribution in [2.45, 2.75) is 19.9 Å². The zero-order valence-corrected chi connectivity index (χ0v) is 10.9. The van der Waals surface area contributed by atoms with E-state index >= 15 is 0 Å². The van der Waals surface area contributed by atoms with Gasteiger partial charge in [-0.15, -0.1) is 6.42 Å². The summed E-state index contributed by atoms with van der Waals surface area (Å²) in [4.78, 5) is 2.28. The molecule has 0 bridgehead atoms. The van der Waals surface area contributed by atoms with E-state index in [0.29, 0.717) is 0 Å². The molecule has 0 aromatic heterocycles. The van der Waals surface area contributed by atoms with Gasteiger partial charge in [-0.1, -0.05) is 37.1 Å². The Bertz CT molecular complexity index is 365. The first kappa shape index (κ1) is 13.8. The first-order chi connectivity index (χ1) is 8.31. The van der Waals surface area contributed by atoms with Crippen molar-refractivity contribution >= 4 is 0 Å². The van der Waals surface area contributed by atoms with E-state index < -0.39 is 0 Å². The lowest BCUT2D eigenvalue weighted by Crippen LogP contribution is -2.24. The van der Waals surface area contributed by atoms with Crippen LogP contribution >= 0.6 is 0 Å². The van der Waals surface area contributed by atoms with Gasteiger partial charge < -0.3 is 5.32 Å². The van der Waals surface area contributed by atoms with Crippen LogP contribution in [0.15, 0.2) is 24.3 Å². The molecule has 0 fully saturated rings. The number of terminal acetylenes is 1. The highest BCUT2D eigenvalue weighted by Crippen LogP contribution is 2.12. The fourth-order valence-corrected chi connectivity index (χ4v) is 1.86. The lowest BCUT2D eigenvalue weighted by molar-refractivity contribution is 0.315. The van der Waals surface area contributed by atoms with Crippen LogP contribution in [-0.4, -0.2) is 31.6 Å². The SMILES string of the molecule is C#CCN(CC)Cc1ccccc1CCNC. The van der Waals surface area contributed by atoms with Crippen molar-refractivity contribution in [3.63, 3.8) is 0 Å². The normalized spacial score (nSPS) is 10.5. The van der Waals surface area contributed by atoms with Gasteiger partial charge in [-0.3, -0.25) is 4.90 Å². The van der Waals surface area contributed by atoms with Gasteiger partial charge >= 0.3 is 0 Å². The predicted molar refractivity (Wildman–Crippen MR) is 73.9 cm³/mol. The van der Waals surface area contributed by atoms with Crippen LogP contribution in [-0.2, 0) is 13.0 Å². The average Bonchev–Trinajstić information content (AvgIpc) is 2.37. The Labute approximate surface area is 105 Å². The molecule has 1 aromatic rings. The number of nitrogens with one attached hydrogen (secondary N) is 1. The second-order valence-corrected chi connectivity index (χ2v) is 4.13. The largest absolute Gasteiger partial charge is 0.319 e. The minimum atomic E-state index is 0.719. The number of rotatable bonds is 7. The van der Waals surface area contributed by atoms with E-state index in [9.17, 15) is 0 Å². The topological polar surface area (TPSA) is 15.3 Å². The second-order valence-electron chi connectivity index (χ2n) is 4.13. The van der Waals surface area contributed by atoms with Crippen LogP contribution in [0.2, 0.25) is 0 Å². The summed E-state index contributed by atoms with van der Waals surface area (Å²) >= 11 is 0. The maximum atomic E-state index is 5.38. The molecule has 0 aliphatic carbocycles. The van der Waals surface area contributed by atoms with Crippen LogP contribution in [0.1, 0.15) is 18.1 Å². The molecule has 2 nitrogen and oxygen atoms in total. The molecule has 0 saturated heterocycles. The summed E-state index contributed by atoms with van der Waals surface area (Å²) < 4.78 is 0. The molecule has 0 aliphatic heterocycles. The molecule has 0 aliphatic rings. The van der Waals surface area contributed by atoms with Gasteiger partial charge in [-0.2, -0.15) is 0 Å². The third-order valence-corrected chi connectivity index (χ3v) is 2.92. The van der Waals surface area contributed by atoms with Crippen LogP contribution in [0.25, 0.3) is 0 Å². The zero-order valence-electron chi connectivity index (χ0n) is 10.9. The standard InChI is InChI=1S/C15H22N2/c1-4-12-17(5-2)13-15-9-7-6-8-14(15)10-11-16-3/h1,6-9,16H,5,10-13H2,2-3H3. The van der Waals surface area contributed by atoms with Gasteiger partial charge in [-0.25, -0.2) is 0 Å². The van der Waals surface area contributed by atoms with E-state index in [1.807, 2.05) is 7.05 Å². The summed E-state index contributed by atoms with van der Waals surface area (Å²) in [6.07, 6.45) is 6.44. The lowest BCUT2D eigenvalue weighted by atomic mass is 10.0. The van der Waals surface area contributed by atoms with E-state index in [0.717, 1.165) is 32.6 Å². The summed E-state index contributed by atoms with van der Waals surface area (Å²) in [6.45, 7) is 5.81. The summed E-state index contributed by atoms with van der Waals surface area (Å²) in [6, 6.07) is 8.61. The van der Waals surface area contributed by atoms with Crippen molar-refractivity contribution in [2.75, 3.05) is 26.7 Å². The minimum absolute atomic E-state index is 0.719. The first-order valence-corrected chi connectivity index (χ1v) is 6.19. The maximum absolute atomic E-state index is 5.38. The third kappa shape index (κ3) is 4.60. The van der Waals surface area contributed by atoms with Crippen molar-refractivity contribution in [2.24, 2.45) is 0 Å². The quantitative estimate of drug-likeness (QED) is 0.720. The number of benzene rings is 1. The predicted octanol–water partition coefficient (Wildman–Crippen LogP) is 1.90. The number of nitrogens with zero attached hydrogens (tertiary/aromatic N) is 1. The van der Waals surface area contributed by atoms with Gasteiger partial charge in [0.05, 0.1) is 6.54 Å². The van der Waals surface area contributed by atoms with Gasteiger partial charge in [0, 0.05) is 6.54 Å². The molecule has 2 heteroatoms. The molecule has 0 spiro atoms. The molecule has 0 heterocycles. The van der Waals surface area contributed by atoms with Crippen LogP contribution in [0.5, 0.6) is 0 Å². The van der Waals surface area contributed by atoms with Crippen molar-refractivity contribution in [3.05, 3.63) is 35.4 Å². The van der Waals surface area contributed by atoms with Gasteiger partial charge in [0.25, 0.3) is 0 Å². The van der Waals surface area contributed by atoms with Crippen LogP contribution in [0, 0.1) is 12.3 Å². The summed E-state index contributed by atoms with van der Waals surface area (Å²) in [5.74, 6) is 2.72. The monoisotopic (exact) mass is 230 g/mol. The smallest absolute Gasteiger partial charge is 0.0601 e. The van der Waals surface area contributed by atoms with E-state index in [4.69, 9.17) is 6.42 Å². The minimum Gasteiger partial charge on any atom is -0.319 e. The lowest BCUT2D eigenvalue weighted by Gasteiger charge is -2.19. The second kappa shape index (κ2) is 7.89. The molecule has 1 N–H and O–H groups in total. The Morgan fingerprint density at radius 1 is 1.29 bits per heavy atom. The maximum Gasteiger partial charge on any atom is 0.0601 e. The highest BCUT2D eigenvalue weighted by molar-refractivity contribution is 5.27. The van der Waals surface area contributed by atoms with Crippen molar-refractivity contribution < 1.29 is 0 Å². The molecule has 17 heavy (non-hydrogen) atoms. The third-order valence-electron chi connectivity index (χ3n) is 2.92. The van der Waals surface area contributed by atoms with Crippen LogP contribution < -0.4 is 5.32 Å². The summed E-state index contributed by atoms with van der Waals surface area (Å²) in [5, 5.41) is 3.19. The van der Waals surface area contributed by atoms with Crippen molar-refractivity contribution in [1.29, 1.82) is 0 Å². The van der Waals surface area contributed by atoms with Crippen LogP contribution in [0.4, 0.5) is 0 Å². The number of hydrogen-bond acceptors (Lipinski definition) is 2. The van der Waals surface area contributed by atoms with Crippen LogP contribution in [0.3, 0.4) is 0 Å². The highest BCUT2D eigenvalue weighted by atomic mass is 15.1. The fraction of sp³-hybridized carbons (Fsp3) is 0.467. The molecule has 92 valence electrons. The molecular weight excluding hydrogens is 208 g/mol. The molecule has 0 unspecified atom stereocenters. The van der Waals surface area contributed by atoms with E-state index in [1.165, 1.54) is 11.1 Å². The Balaban J connectivity index is 2.71. The van der Waals surface area contributed by atoms with E-state index in [-0.39, 0.29) is 0 Å². The summed E-state index contributed by atoms with van der Waals surface area (Å²) in [7, 11) is 1.99. The molecule has 0 amide bonds. The van der Waals surface area contributed by atoms with Gasteiger partial charge in [0.2, 0.25) is 0 Å². The van der Waals surface area contributed by atoms with E-state index in [1.54, 1.807) is 0 Å². The molecule has 1 aromatic carbocycles.